The van der Waals surface area contributed by atoms with Crippen LogP contribution in [0, 0.1) is 0 Å². The monoisotopic (exact) mass is 1030 g/mol. The molecule has 0 spiro atoms. The number of hydrogen-bond acceptors (Lipinski definition) is 6. The first kappa shape index (κ1) is 70.3. The molecule has 0 aliphatic carbocycles. The van der Waals surface area contributed by atoms with Crippen LogP contribution in [0.15, 0.2) is 97.2 Å². The van der Waals surface area contributed by atoms with Crippen molar-refractivity contribution >= 4 is 17.9 Å². The predicted octanol–water partition coefficient (Wildman–Crippen LogP) is 21.3. The van der Waals surface area contributed by atoms with E-state index in [0.717, 1.165) is 83.5 Å². The molecule has 0 amide bonds. The van der Waals surface area contributed by atoms with Crippen LogP contribution in [-0.4, -0.2) is 37.2 Å². The highest BCUT2D eigenvalue weighted by atomic mass is 16.6. The van der Waals surface area contributed by atoms with E-state index in [1.54, 1.807) is 0 Å². The maximum Gasteiger partial charge on any atom is 0.306 e. The third kappa shape index (κ3) is 59.2. The van der Waals surface area contributed by atoms with Crippen molar-refractivity contribution in [3.05, 3.63) is 97.2 Å². The van der Waals surface area contributed by atoms with E-state index in [9.17, 15) is 14.4 Å². The maximum absolute atomic E-state index is 12.8. The summed E-state index contributed by atoms with van der Waals surface area (Å²) in [7, 11) is 0. The molecule has 424 valence electrons. The van der Waals surface area contributed by atoms with Gasteiger partial charge in [0.2, 0.25) is 0 Å². The van der Waals surface area contributed by atoms with Crippen LogP contribution in [0.25, 0.3) is 0 Å². The number of carbonyl (C=O) groups is 3. The van der Waals surface area contributed by atoms with Crippen molar-refractivity contribution < 1.29 is 28.6 Å². The number of carbonyl (C=O) groups excluding carboxylic acids is 3. The van der Waals surface area contributed by atoms with E-state index in [0.29, 0.717) is 19.3 Å². The van der Waals surface area contributed by atoms with Gasteiger partial charge < -0.3 is 14.2 Å². The summed E-state index contributed by atoms with van der Waals surface area (Å²) in [6, 6.07) is 0. The molecule has 0 aromatic heterocycles. The van der Waals surface area contributed by atoms with Crippen molar-refractivity contribution in [2.45, 2.75) is 303 Å². The summed E-state index contributed by atoms with van der Waals surface area (Å²) in [5.41, 5.74) is 0. The Morgan fingerprint density at radius 2 is 0.554 bits per heavy atom. The van der Waals surface area contributed by atoms with Crippen LogP contribution in [0.3, 0.4) is 0 Å². The van der Waals surface area contributed by atoms with Gasteiger partial charge in [0.05, 0.1) is 0 Å². The van der Waals surface area contributed by atoms with E-state index in [-0.39, 0.29) is 31.6 Å². The maximum atomic E-state index is 12.8. The summed E-state index contributed by atoms with van der Waals surface area (Å²) in [6.07, 6.45) is 83.1. The first-order valence-corrected chi connectivity index (χ1v) is 31.2. The summed E-state index contributed by atoms with van der Waals surface area (Å²) in [4.78, 5) is 38.0. The molecule has 0 saturated heterocycles. The fraction of sp³-hybridized carbons (Fsp3) is 0.721. The lowest BCUT2D eigenvalue weighted by atomic mass is 10.0. The average molecular weight is 1030 g/mol. The summed E-state index contributed by atoms with van der Waals surface area (Å²) in [5.74, 6) is -0.988. The lowest BCUT2D eigenvalue weighted by Gasteiger charge is -2.18. The molecule has 0 aliphatic heterocycles. The Morgan fingerprint density at radius 3 is 0.878 bits per heavy atom. The van der Waals surface area contributed by atoms with Gasteiger partial charge in [0.25, 0.3) is 0 Å². The molecule has 0 rings (SSSR count). The van der Waals surface area contributed by atoms with Crippen molar-refractivity contribution in [1.82, 2.24) is 0 Å². The summed E-state index contributed by atoms with van der Waals surface area (Å²) in [6.45, 7) is 6.44. The summed E-state index contributed by atoms with van der Waals surface area (Å²) in [5, 5.41) is 0. The Morgan fingerprint density at radius 1 is 0.284 bits per heavy atom. The fourth-order valence-electron chi connectivity index (χ4n) is 8.68. The Kier molecular flexibility index (Phi) is 58.8. The molecule has 0 fully saturated rings. The van der Waals surface area contributed by atoms with Gasteiger partial charge in [-0.3, -0.25) is 14.4 Å². The number of unbranched alkanes of at least 4 members (excludes halogenated alkanes) is 29. The highest BCUT2D eigenvalue weighted by Gasteiger charge is 2.19. The molecule has 0 heterocycles. The quantitative estimate of drug-likeness (QED) is 0.0261. The van der Waals surface area contributed by atoms with Crippen LogP contribution in [0.5, 0.6) is 0 Å². The second kappa shape index (κ2) is 61.9. The van der Waals surface area contributed by atoms with Gasteiger partial charge >= 0.3 is 17.9 Å². The van der Waals surface area contributed by atoms with Gasteiger partial charge in [-0.25, -0.2) is 0 Å². The first-order valence-electron chi connectivity index (χ1n) is 31.2. The van der Waals surface area contributed by atoms with Gasteiger partial charge in [-0.15, -0.1) is 0 Å². The normalized spacial score (nSPS) is 12.7. The van der Waals surface area contributed by atoms with Crippen LogP contribution in [0.1, 0.15) is 297 Å². The smallest absolute Gasteiger partial charge is 0.306 e. The Balaban J connectivity index is 4.20. The highest BCUT2D eigenvalue weighted by molar-refractivity contribution is 5.71. The molecular weight excluding hydrogens is 913 g/mol. The number of allylic oxidation sites excluding steroid dienone is 16. The minimum absolute atomic E-state index is 0.105. The van der Waals surface area contributed by atoms with E-state index in [2.05, 4.69) is 112 Å². The number of ether oxygens (including phenoxy) is 3. The molecule has 0 aromatic carbocycles. The van der Waals surface area contributed by atoms with Gasteiger partial charge in [-0.05, 0) is 89.9 Å². The first-order chi connectivity index (χ1) is 36.5. The van der Waals surface area contributed by atoms with E-state index < -0.39 is 12.1 Å². The molecule has 0 radical (unpaired) electrons. The second-order valence-corrected chi connectivity index (χ2v) is 20.6. The Hall–Kier alpha value is -3.67. The molecule has 0 aliphatic rings. The zero-order chi connectivity index (χ0) is 53.6. The topological polar surface area (TPSA) is 78.9 Å². The molecule has 6 heteroatoms. The Labute approximate surface area is 457 Å². The zero-order valence-electron chi connectivity index (χ0n) is 48.6. The van der Waals surface area contributed by atoms with Gasteiger partial charge in [0.1, 0.15) is 13.2 Å². The molecule has 6 nitrogen and oxygen atoms in total. The molecule has 1 atom stereocenters. The largest absolute Gasteiger partial charge is 0.462 e. The summed E-state index contributed by atoms with van der Waals surface area (Å²) < 4.78 is 16.8. The van der Waals surface area contributed by atoms with E-state index in [4.69, 9.17) is 14.2 Å². The third-order valence-electron chi connectivity index (χ3n) is 13.3. The predicted molar refractivity (Wildman–Crippen MR) is 320 cm³/mol. The zero-order valence-corrected chi connectivity index (χ0v) is 48.6. The van der Waals surface area contributed by atoms with Crippen LogP contribution < -0.4 is 0 Å². The van der Waals surface area contributed by atoms with Gasteiger partial charge in [0, 0.05) is 19.3 Å². The van der Waals surface area contributed by atoms with Crippen LogP contribution >= 0.6 is 0 Å². The van der Waals surface area contributed by atoms with Crippen molar-refractivity contribution in [3.8, 4) is 0 Å². The average Bonchev–Trinajstić information content (AvgIpc) is 3.40. The van der Waals surface area contributed by atoms with Gasteiger partial charge in [0.15, 0.2) is 6.10 Å². The number of esters is 3. The molecule has 74 heavy (non-hydrogen) atoms. The molecule has 1 unspecified atom stereocenters. The third-order valence-corrected chi connectivity index (χ3v) is 13.3. The highest BCUT2D eigenvalue weighted by Crippen LogP contribution is 2.16. The number of hydrogen-bond donors (Lipinski definition) is 0. The molecule has 0 N–H and O–H groups in total. The van der Waals surface area contributed by atoms with Crippen molar-refractivity contribution in [2.75, 3.05) is 13.2 Å². The lowest BCUT2D eigenvalue weighted by molar-refractivity contribution is -0.166. The van der Waals surface area contributed by atoms with Crippen LogP contribution in [-0.2, 0) is 28.6 Å². The van der Waals surface area contributed by atoms with Gasteiger partial charge in [-0.1, -0.05) is 285 Å². The van der Waals surface area contributed by atoms with Crippen molar-refractivity contribution in [3.63, 3.8) is 0 Å². The molecule has 0 saturated carbocycles. The van der Waals surface area contributed by atoms with E-state index in [1.807, 2.05) is 6.08 Å². The van der Waals surface area contributed by atoms with E-state index >= 15 is 0 Å². The molecule has 0 bridgehead atoms. The van der Waals surface area contributed by atoms with Crippen molar-refractivity contribution in [2.24, 2.45) is 0 Å². The Bertz CT molecular complexity index is 1460. The van der Waals surface area contributed by atoms with Crippen LogP contribution in [0.4, 0.5) is 0 Å². The van der Waals surface area contributed by atoms with Crippen molar-refractivity contribution in [1.29, 1.82) is 0 Å². The lowest BCUT2D eigenvalue weighted by Crippen LogP contribution is -2.30. The number of rotatable bonds is 56. The SMILES string of the molecule is CC/C=C\C/C=C\C/C=C\C/C=C\C/C=C\C/C=C\CCC(=O)OC(COC(=O)CCCCCCCCCC)COC(=O)CCCCCCCCCCCCCCCCCCC/C=C\C/C=C\CCCCCCC. The second-order valence-electron chi connectivity index (χ2n) is 20.6. The molecule has 0 aromatic rings. The van der Waals surface area contributed by atoms with Crippen LogP contribution in [0.2, 0.25) is 0 Å². The standard InChI is InChI=1S/C68H116O6/c1-4-7-10-13-16-19-21-23-25-27-29-30-31-32-33-34-35-36-37-38-40-41-43-45-47-49-52-55-58-61-67(70)73-64-65(63-72-66(69)60-57-54-51-18-15-12-9-6-3)74-68(71)62-59-56-53-50-48-46-44-42-39-28-26-24-22-20-17-14-11-8-5-2/h8,11,17,20-21,23-24,26-27,29,39,42,46,48,53,56,65H,4-7,9-10,12-16,18-19,22,25,28,30-38,40-41,43-45,47,49-52,54-55,57-64H2,1-3H3/b11-8-,20-17-,23-21-,26-24-,29-27-,42-39-,48-46-,56-53-. The van der Waals surface area contributed by atoms with E-state index in [1.165, 1.54) is 167 Å². The minimum Gasteiger partial charge on any atom is -0.462 e. The minimum atomic E-state index is -0.815. The van der Waals surface area contributed by atoms with Gasteiger partial charge in [-0.2, -0.15) is 0 Å². The fourth-order valence-corrected chi connectivity index (χ4v) is 8.68. The summed E-state index contributed by atoms with van der Waals surface area (Å²) >= 11 is 0. The molecular formula is C68H116O6.